The maximum Gasteiger partial charge on any atom is 0.200 e. The molecule has 0 heterocycles. The minimum atomic E-state index is -0.0226. The van der Waals surface area contributed by atoms with E-state index in [2.05, 4.69) is 31.9 Å². The molecule has 0 atom stereocenters. The van der Waals surface area contributed by atoms with Crippen molar-refractivity contribution in [3.8, 4) is 11.5 Å². The number of Topliss-reactive ketones (excluding diaryl/α,β-unsaturated/α-hetero) is 1. The highest BCUT2D eigenvalue weighted by Gasteiger charge is 2.05. The van der Waals surface area contributed by atoms with Gasteiger partial charge in [-0.15, -0.1) is 0 Å². The molecule has 0 saturated carbocycles. The number of carbonyl (C=O) groups excluding carboxylic acids is 1. The first kappa shape index (κ1) is 19.2. The third kappa shape index (κ3) is 7.11. The van der Waals surface area contributed by atoms with Crippen LogP contribution in [0.3, 0.4) is 0 Å². The molecule has 3 aromatic rings. The third-order valence-electron chi connectivity index (χ3n) is 3.07. The van der Waals surface area contributed by atoms with Crippen LogP contribution >= 0.6 is 31.9 Å². The average molecular weight is 464 g/mol. The zero-order valence-electron chi connectivity index (χ0n) is 13.2. The number of hydrogen-bond donors (Lipinski definition) is 1. The standard InChI is InChI=1S/C14H11BrO2.C6H5BrO/c15-12-7-4-8-13(9-12)17-10-14(16)11-5-2-1-3-6-11;7-5-2-1-3-6(8)4-5/h1-9H,10H2;1-4,8H. The predicted octanol–water partition coefficient (Wildman–Crippen LogP) is 5.87. The minimum absolute atomic E-state index is 0.0226. The molecule has 128 valence electrons. The topological polar surface area (TPSA) is 46.5 Å². The summed E-state index contributed by atoms with van der Waals surface area (Å²) < 4.78 is 7.26. The number of rotatable bonds is 4. The molecule has 0 aliphatic rings. The maximum atomic E-state index is 11.8. The Labute approximate surface area is 163 Å². The highest BCUT2D eigenvalue weighted by Crippen LogP contribution is 2.18. The maximum absolute atomic E-state index is 11.8. The van der Waals surface area contributed by atoms with E-state index >= 15 is 0 Å². The Morgan fingerprint density at radius 3 is 2.04 bits per heavy atom. The summed E-state index contributed by atoms with van der Waals surface area (Å²) >= 11 is 6.55. The number of benzene rings is 3. The summed E-state index contributed by atoms with van der Waals surface area (Å²) in [7, 11) is 0. The van der Waals surface area contributed by atoms with Crippen LogP contribution in [-0.2, 0) is 0 Å². The summed E-state index contributed by atoms with van der Waals surface area (Å²) in [4.78, 5) is 11.8. The molecule has 0 radical (unpaired) electrons. The van der Waals surface area contributed by atoms with E-state index in [0.29, 0.717) is 17.1 Å². The Bertz CT molecular complexity index is 803. The lowest BCUT2D eigenvalue weighted by Gasteiger charge is -2.05. The fourth-order valence-electron chi connectivity index (χ4n) is 1.89. The van der Waals surface area contributed by atoms with Gasteiger partial charge in [0.05, 0.1) is 0 Å². The lowest BCUT2D eigenvalue weighted by molar-refractivity contribution is 0.0921. The summed E-state index contributed by atoms with van der Waals surface area (Å²) in [6.07, 6.45) is 0. The van der Waals surface area contributed by atoms with Gasteiger partial charge in [0, 0.05) is 14.5 Å². The molecule has 0 unspecified atom stereocenters. The van der Waals surface area contributed by atoms with Crippen molar-refractivity contribution in [2.75, 3.05) is 6.61 Å². The minimum Gasteiger partial charge on any atom is -0.508 e. The number of ether oxygens (including phenoxy) is 1. The van der Waals surface area contributed by atoms with Crippen molar-refractivity contribution in [1.82, 2.24) is 0 Å². The SMILES string of the molecule is O=C(COc1cccc(Br)c1)c1ccccc1.Oc1cccc(Br)c1. The summed E-state index contributed by atoms with van der Waals surface area (Å²) in [5.41, 5.74) is 0.669. The Hall–Kier alpha value is -2.11. The highest BCUT2D eigenvalue weighted by atomic mass is 79.9. The Morgan fingerprint density at radius 2 is 1.48 bits per heavy atom. The number of aromatic hydroxyl groups is 1. The van der Waals surface area contributed by atoms with Crippen molar-refractivity contribution in [2.24, 2.45) is 0 Å². The zero-order chi connectivity index (χ0) is 18.1. The van der Waals surface area contributed by atoms with Crippen LogP contribution in [0.15, 0.2) is 87.8 Å². The van der Waals surface area contributed by atoms with Gasteiger partial charge in [0.25, 0.3) is 0 Å². The smallest absolute Gasteiger partial charge is 0.200 e. The van der Waals surface area contributed by atoms with Gasteiger partial charge in [-0.05, 0) is 36.4 Å². The van der Waals surface area contributed by atoms with Crippen molar-refractivity contribution in [3.63, 3.8) is 0 Å². The zero-order valence-corrected chi connectivity index (χ0v) is 16.4. The molecule has 3 aromatic carbocycles. The number of ketones is 1. The van der Waals surface area contributed by atoms with E-state index in [9.17, 15) is 4.79 Å². The number of halogens is 2. The van der Waals surface area contributed by atoms with Crippen molar-refractivity contribution in [2.45, 2.75) is 0 Å². The van der Waals surface area contributed by atoms with E-state index in [1.54, 1.807) is 30.3 Å². The van der Waals surface area contributed by atoms with Gasteiger partial charge in [-0.3, -0.25) is 4.79 Å². The Kier molecular flexibility index (Phi) is 7.70. The van der Waals surface area contributed by atoms with E-state index in [-0.39, 0.29) is 12.4 Å². The number of phenols is 1. The molecule has 0 saturated heterocycles. The summed E-state index contributed by atoms with van der Waals surface area (Å²) in [5.74, 6) is 0.952. The van der Waals surface area contributed by atoms with E-state index in [4.69, 9.17) is 9.84 Å². The molecule has 0 aliphatic carbocycles. The van der Waals surface area contributed by atoms with E-state index in [1.165, 1.54) is 0 Å². The van der Waals surface area contributed by atoms with Crippen LogP contribution in [0.4, 0.5) is 0 Å². The molecule has 25 heavy (non-hydrogen) atoms. The van der Waals surface area contributed by atoms with Gasteiger partial charge in [-0.25, -0.2) is 0 Å². The van der Waals surface area contributed by atoms with Gasteiger partial charge in [-0.2, -0.15) is 0 Å². The van der Waals surface area contributed by atoms with Crippen LogP contribution in [0.1, 0.15) is 10.4 Å². The molecule has 0 amide bonds. The number of phenolic OH excluding ortho intramolecular Hbond substituents is 1. The first-order chi connectivity index (χ1) is 12.0. The lowest BCUT2D eigenvalue weighted by atomic mass is 10.1. The van der Waals surface area contributed by atoms with Crippen LogP contribution in [0.2, 0.25) is 0 Å². The average Bonchev–Trinajstić information content (AvgIpc) is 2.61. The Morgan fingerprint density at radius 1 is 0.840 bits per heavy atom. The molecular weight excluding hydrogens is 448 g/mol. The quantitative estimate of drug-likeness (QED) is 0.492. The molecule has 0 spiro atoms. The molecule has 0 aromatic heterocycles. The second-order valence-corrected chi connectivity index (χ2v) is 6.85. The molecule has 0 bridgehead atoms. The van der Waals surface area contributed by atoms with Gasteiger partial charge in [0.2, 0.25) is 0 Å². The van der Waals surface area contributed by atoms with E-state index in [1.807, 2.05) is 48.5 Å². The first-order valence-electron chi connectivity index (χ1n) is 7.46. The molecule has 1 N–H and O–H groups in total. The number of carbonyl (C=O) groups is 1. The second-order valence-electron chi connectivity index (χ2n) is 5.02. The van der Waals surface area contributed by atoms with Crippen LogP contribution in [0.5, 0.6) is 11.5 Å². The third-order valence-corrected chi connectivity index (χ3v) is 4.06. The molecule has 5 heteroatoms. The first-order valence-corrected chi connectivity index (χ1v) is 9.04. The van der Waals surface area contributed by atoms with Crippen molar-refractivity contribution in [3.05, 3.63) is 93.4 Å². The molecule has 3 nitrogen and oxygen atoms in total. The lowest BCUT2D eigenvalue weighted by Crippen LogP contribution is -2.11. The fourth-order valence-corrected chi connectivity index (χ4v) is 2.65. The molecule has 0 fully saturated rings. The van der Waals surface area contributed by atoms with E-state index in [0.717, 1.165) is 8.95 Å². The Balaban J connectivity index is 0.000000236. The van der Waals surface area contributed by atoms with Crippen LogP contribution in [0.25, 0.3) is 0 Å². The molecule has 3 rings (SSSR count). The van der Waals surface area contributed by atoms with Crippen molar-refractivity contribution >= 4 is 37.6 Å². The summed E-state index contributed by atoms with van der Waals surface area (Å²) in [5, 5.41) is 8.78. The molecular formula is C20H16Br2O3. The van der Waals surface area contributed by atoms with Gasteiger partial charge in [0.15, 0.2) is 12.4 Å². The van der Waals surface area contributed by atoms with Gasteiger partial charge >= 0.3 is 0 Å². The van der Waals surface area contributed by atoms with Crippen LogP contribution in [-0.4, -0.2) is 17.5 Å². The normalized spacial score (nSPS) is 9.68. The predicted molar refractivity (Wildman–Crippen MR) is 106 cm³/mol. The summed E-state index contributed by atoms with van der Waals surface area (Å²) in [6.45, 7) is 0.0560. The van der Waals surface area contributed by atoms with Crippen molar-refractivity contribution in [1.29, 1.82) is 0 Å². The fraction of sp³-hybridized carbons (Fsp3) is 0.0500. The van der Waals surface area contributed by atoms with Gasteiger partial charge in [-0.1, -0.05) is 74.3 Å². The summed E-state index contributed by atoms with van der Waals surface area (Å²) in [6, 6.07) is 23.5. The largest absolute Gasteiger partial charge is 0.508 e. The van der Waals surface area contributed by atoms with Crippen LogP contribution < -0.4 is 4.74 Å². The monoisotopic (exact) mass is 462 g/mol. The molecule has 0 aliphatic heterocycles. The van der Waals surface area contributed by atoms with E-state index < -0.39 is 0 Å². The van der Waals surface area contributed by atoms with Crippen molar-refractivity contribution < 1.29 is 14.6 Å². The van der Waals surface area contributed by atoms with Gasteiger partial charge < -0.3 is 9.84 Å². The van der Waals surface area contributed by atoms with Crippen LogP contribution in [0, 0.1) is 0 Å². The number of hydrogen-bond acceptors (Lipinski definition) is 3. The second kappa shape index (κ2) is 10.0. The highest BCUT2D eigenvalue weighted by molar-refractivity contribution is 9.10. The van der Waals surface area contributed by atoms with Gasteiger partial charge in [0.1, 0.15) is 11.5 Å².